The minimum Gasteiger partial charge on any atom is -0.238 e. The van der Waals surface area contributed by atoms with E-state index in [4.69, 9.17) is 6.57 Å². The molecule has 0 aliphatic heterocycles. The Labute approximate surface area is 131 Å². The molecule has 22 heavy (non-hydrogen) atoms. The lowest BCUT2D eigenvalue weighted by Gasteiger charge is -2.09. The van der Waals surface area contributed by atoms with Crippen molar-refractivity contribution >= 4 is 16.5 Å². The highest BCUT2D eigenvalue weighted by molar-refractivity contribution is 5.95. The summed E-state index contributed by atoms with van der Waals surface area (Å²) in [6.45, 7) is 11.5. The van der Waals surface area contributed by atoms with Crippen molar-refractivity contribution < 1.29 is 4.57 Å². The third kappa shape index (κ3) is 2.35. The second-order valence-corrected chi connectivity index (χ2v) is 5.66. The molecule has 2 nitrogen and oxygen atoms in total. The van der Waals surface area contributed by atoms with Crippen LogP contribution < -0.4 is 4.57 Å². The molecule has 0 N–H and O–H groups in total. The van der Waals surface area contributed by atoms with Gasteiger partial charge in [0.25, 0.3) is 0 Å². The van der Waals surface area contributed by atoms with Crippen molar-refractivity contribution in [3.63, 3.8) is 0 Å². The topological polar surface area (TPSA) is 8.24 Å². The van der Waals surface area contributed by atoms with Gasteiger partial charge in [-0.3, -0.25) is 0 Å². The highest BCUT2D eigenvalue weighted by atomic mass is 14.9. The number of benzene rings is 2. The number of hydrogen-bond acceptors (Lipinski definition) is 0. The highest BCUT2D eigenvalue weighted by Gasteiger charge is 2.17. The molecule has 0 saturated heterocycles. The third-order valence-electron chi connectivity index (χ3n) is 4.22. The number of pyridine rings is 1. The zero-order valence-electron chi connectivity index (χ0n) is 13.2. The summed E-state index contributed by atoms with van der Waals surface area (Å²) in [5, 5.41) is 2.30. The van der Waals surface area contributed by atoms with Crippen molar-refractivity contribution in [2.75, 3.05) is 0 Å². The first-order valence-electron chi connectivity index (χ1n) is 7.53. The van der Waals surface area contributed by atoms with Crippen LogP contribution in [-0.2, 0) is 13.5 Å². The van der Waals surface area contributed by atoms with Crippen LogP contribution in [0.15, 0.2) is 48.7 Å². The fraction of sp³-hybridized carbons (Fsp3) is 0.200. The van der Waals surface area contributed by atoms with E-state index in [1.54, 1.807) is 0 Å². The Morgan fingerprint density at radius 2 is 1.91 bits per heavy atom. The molecule has 0 unspecified atom stereocenters. The maximum Gasteiger partial charge on any atom is 0.220 e. The van der Waals surface area contributed by atoms with Crippen molar-refractivity contribution in [1.29, 1.82) is 0 Å². The average molecular weight is 287 g/mol. The normalized spacial score (nSPS) is 10.6. The van der Waals surface area contributed by atoms with Crippen LogP contribution in [-0.4, -0.2) is 0 Å². The fourth-order valence-electron chi connectivity index (χ4n) is 2.91. The number of hydrogen-bond donors (Lipinski definition) is 0. The molecule has 3 rings (SSSR count). The second-order valence-electron chi connectivity index (χ2n) is 5.66. The maximum absolute atomic E-state index is 7.19. The van der Waals surface area contributed by atoms with Gasteiger partial charge < -0.3 is 0 Å². The van der Waals surface area contributed by atoms with E-state index >= 15 is 0 Å². The van der Waals surface area contributed by atoms with Crippen LogP contribution in [0.2, 0.25) is 0 Å². The molecule has 0 aliphatic rings. The molecule has 1 heterocycles. The van der Waals surface area contributed by atoms with E-state index in [1.165, 1.54) is 27.8 Å². The van der Waals surface area contributed by atoms with Crippen LogP contribution >= 0.6 is 0 Å². The molecule has 108 valence electrons. The molecule has 3 aromatic rings. The van der Waals surface area contributed by atoms with Gasteiger partial charge in [0.05, 0.1) is 12.0 Å². The second kappa shape index (κ2) is 5.61. The minimum atomic E-state index is 0.686. The number of rotatable bonds is 2. The van der Waals surface area contributed by atoms with Gasteiger partial charge in [0.15, 0.2) is 11.9 Å². The van der Waals surface area contributed by atoms with Crippen LogP contribution in [0.3, 0.4) is 0 Å². The van der Waals surface area contributed by atoms with Crippen LogP contribution in [0.5, 0.6) is 0 Å². The Morgan fingerprint density at radius 3 is 2.64 bits per heavy atom. The molecule has 0 atom stereocenters. The number of nitrogens with zero attached hydrogens (tertiary/aromatic N) is 2. The summed E-state index contributed by atoms with van der Waals surface area (Å²) in [6, 6.07) is 14.7. The van der Waals surface area contributed by atoms with Gasteiger partial charge in [-0.05, 0) is 42.0 Å². The highest BCUT2D eigenvalue weighted by Crippen LogP contribution is 2.30. The van der Waals surface area contributed by atoms with Gasteiger partial charge in [0.2, 0.25) is 5.69 Å². The Kier molecular flexibility index (Phi) is 3.65. The van der Waals surface area contributed by atoms with E-state index in [0.29, 0.717) is 5.69 Å². The van der Waals surface area contributed by atoms with Crippen LogP contribution in [0.25, 0.3) is 26.9 Å². The van der Waals surface area contributed by atoms with Gasteiger partial charge in [-0.15, -0.1) is 0 Å². The van der Waals surface area contributed by atoms with Crippen LogP contribution in [0.1, 0.15) is 18.1 Å². The molecule has 0 saturated carbocycles. The summed E-state index contributed by atoms with van der Waals surface area (Å²) in [6.07, 6.45) is 3.10. The first-order chi connectivity index (χ1) is 10.6. The summed E-state index contributed by atoms with van der Waals surface area (Å²) >= 11 is 0. The monoisotopic (exact) mass is 287 g/mol. The quantitative estimate of drug-likeness (QED) is 0.475. The summed E-state index contributed by atoms with van der Waals surface area (Å²) in [7, 11) is 2.08. The van der Waals surface area contributed by atoms with E-state index in [9.17, 15) is 0 Å². The first-order valence-corrected chi connectivity index (χ1v) is 7.53. The van der Waals surface area contributed by atoms with E-state index in [-0.39, 0.29) is 0 Å². The standard InChI is InChI=1S/C20H19N2/c1-5-15-7-6-14(2)19(12-15)20-18-9-8-17(21-3)13-16(18)10-11-22(20)4/h6-13H,5H2,1-2,4H3/q+1. The number of aryl methyl sites for hydroxylation is 3. The van der Waals surface area contributed by atoms with Gasteiger partial charge in [0.1, 0.15) is 7.05 Å². The number of aromatic nitrogens is 1. The molecular formula is C20H19N2+. The lowest BCUT2D eigenvalue weighted by Crippen LogP contribution is -2.30. The number of fused-ring (bicyclic) bond motifs is 1. The van der Waals surface area contributed by atoms with Crippen molar-refractivity contribution in [2.45, 2.75) is 20.3 Å². The van der Waals surface area contributed by atoms with Gasteiger partial charge >= 0.3 is 0 Å². The molecular weight excluding hydrogens is 268 g/mol. The molecule has 2 aromatic carbocycles. The molecule has 0 radical (unpaired) electrons. The molecule has 1 aromatic heterocycles. The third-order valence-corrected chi connectivity index (χ3v) is 4.22. The van der Waals surface area contributed by atoms with Gasteiger partial charge in [0, 0.05) is 11.6 Å². The van der Waals surface area contributed by atoms with E-state index < -0.39 is 0 Å². The van der Waals surface area contributed by atoms with E-state index in [2.05, 4.69) is 66.8 Å². The smallest absolute Gasteiger partial charge is 0.220 e. The van der Waals surface area contributed by atoms with Crippen LogP contribution in [0.4, 0.5) is 5.69 Å². The van der Waals surface area contributed by atoms with Crippen LogP contribution in [0, 0.1) is 13.5 Å². The molecule has 2 heteroatoms. The van der Waals surface area contributed by atoms with Gasteiger partial charge in [-0.1, -0.05) is 31.2 Å². The van der Waals surface area contributed by atoms with Crippen molar-refractivity contribution in [1.82, 2.24) is 0 Å². The lowest BCUT2D eigenvalue weighted by atomic mass is 9.97. The van der Waals surface area contributed by atoms with Gasteiger partial charge in [-0.25, -0.2) is 9.41 Å². The summed E-state index contributed by atoms with van der Waals surface area (Å²) in [4.78, 5) is 3.53. The average Bonchev–Trinajstić information content (AvgIpc) is 2.55. The minimum absolute atomic E-state index is 0.686. The Balaban J connectivity index is 2.35. The molecule has 0 fully saturated rings. The molecule has 0 spiro atoms. The summed E-state index contributed by atoms with van der Waals surface area (Å²) < 4.78 is 2.17. The zero-order valence-corrected chi connectivity index (χ0v) is 13.2. The Hall–Kier alpha value is -2.66. The first kappa shape index (κ1) is 14.3. The summed E-state index contributed by atoms with van der Waals surface area (Å²) in [5.41, 5.74) is 5.78. The predicted molar refractivity (Wildman–Crippen MR) is 90.9 cm³/mol. The SMILES string of the molecule is [C-]#[N+]c1ccc2c(-c3cc(CC)ccc3C)[n+](C)ccc2c1. The molecule has 0 aliphatic carbocycles. The molecule has 0 bridgehead atoms. The van der Waals surface area contributed by atoms with E-state index in [1.807, 2.05) is 12.1 Å². The fourth-order valence-corrected chi connectivity index (χ4v) is 2.91. The van der Waals surface area contributed by atoms with Crippen molar-refractivity contribution in [2.24, 2.45) is 7.05 Å². The lowest BCUT2D eigenvalue weighted by molar-refractivity contribution is -0.659. The largest absolute Gasteiger partial charge is 0.238 e. The summed E-state index contributed by atoms with van der Waals surface area (Å²) in [5.74, 6) is 0. The van der Waals surface area contributed by atoms with Crippen molar-refractivity contribution in [3.05, 3.63) is 71.2 Å². The predicted octanol–water partition coefficient (Wildman–Crippen LogP) is 4.75. The van der Waals surface area contributed by atoms with Crippen molar-refractivity contribution in [3.8, 4) is 11.3 Å². The molecule has 0 amide bonds. The maximum atomic E-state index is 7.19. The Morgan fingerprint density at radius 1 is 1.09 bits per heavy atom. The Bertz CT molecular complexity index is 901. The zero-order chi connectivity index (χ0) is 15.7. The van der Waals surface area contributed by atoms with E-state index in [0.717, 1.165) is 11.8 Å². The van der Waals surface area contributed by atoms with Gasteiger partial charge in [-0.2, -0.15) is 0 Å².